The lowest BCUT2D eigenvalue weighted by Crippen LogP contribution is -2.39. The quantitative estimate of drug-likeness (QED) is 0.818. The molecule has 1 aromatic rings. The van der Waals surface area contributed by atoms with E-state index >= 15 is 0 Å². The molecule has 0 radical (unpaired) electrons. The van der Waals surface area contributed by atoms with Gasteiger partial charge in [0.15, 0.2) is 0 Å². The molecule has 1 aromatic carbocycles. The number of likely N-dealkylation sites (N-methyl/N-ethyl adjacent to an activating group) is 1. The normalized spacial score (nSPS) is 18.5. The van der Waals surface area contributed by atoms with Gasteiger partial charge < -0.3 is 10.1 Å². The van der Waals surface area contributed by atoms with Gasteiger partial charge in [-0.05, 0) is 50.6 Å². The van der Waals surface area contributed by atoms with Gasteiger partial charge in [0.25, 0.3) is 0 Å². The van der Waals surface area contributed by atoms with Crippen LogP contribution in [-0.2, 0) is 4.79 Å². The summed E-state index contributed by atoms with van der Waals surface area (Å²) in [6.07, 6.45) is 2.01. The number of nitrogens with one attached hydrogen (secondary N) is 1. The van der Waals surface area contributed by atoms with Crippen molar-refractivity contribution in [2.24, 2.45) is 0 Å². The Balaban J connectivity index is 2.05. The Hall–Kier alpha value is -1.81. The summed E-state index contributed by atoms with van der Waals surface area (Å²) in [6, 6.07) is 7.51. The van der Waals surface area contributed by atoms with Gasteiger partial charge in [-0.2, -0.15) is 0 Å². The summed E-state index contributed by atoms with van der Waals surface area (Å²) >= 11 is 0. The van der Waals surface area contributed by atoms with Crippen molar-refractivity contribution in [3.05, 3.63) is 36.4 Å². The van der Waals surface area contributed by atoms with Crippen molar-refractivity contribution in [2.45, 2.75) is 32.7 Å². The van der Waals surface area contributed by atoms with Gasteiger partial charge in [0.1, 0.15) is 12.4 Å². The van der Waals surface area contributed by atoms with Crippen molar-refractivity contribution >= 4 is 11.6 Å². The zero-order valence-electron chi connectivity index (χ0n) is 12.9. The number of hydrogen-bond donors (Lipinski definition) is 1. The van der Waals surface area contributed by atoms with E-state index < -0.39 is 0 Å². The third-order valence-corrected chi connectivity index (χ3v) is 3.69. The Morgan fingerprint density at radius 3 is 2.95 bits per heavy atom. The first-order valence-corrected chi connectivity index (χ1v) is 7.53. The number of benzene rings is 1. The monoisotopic (exact) mass is 288 g/mol. The lowest BCUT2D eigenvalue weighted by Gasteiger charge is -2.22. The van der Waals surface area contributed by atoms with Crippen LogP contribution in [0.25, 0.3) is 0 Å². The molecule has 1 saturated heterocycles. The first kappa shape index (κ1) is 15.6. The highest BCUT2D eigenvalue weighted by Gasteiger charge is 2.29. The van der Waals surface area contributed by atoms with Crippen LogP contribution in [0.15, 0.2) is 36.4 Å². The fourth-order valence-corrected chi connectivity index (χ4v) is 2.61. The van der Waals surface area contributed by atoms with Crippen molar-refractivity contribution in [2.75, 3.05) is 25.0 Å². The van der Waals surface area contributed by atoms with Crippen LogP contribution < -0.4 is 10.1 Å². The molecule has 0 saturated carbocycles. The highest BCUT2D eigenvalue weighted by atomic mass is 16.5. The van der Waals surface area contributed by atoms with Gasteiger partial charge in [-0.3, -0.25) is 9.69 Å². The fourth-order valence-electron chi connectivity index (χ4n) is 2.61. The van der Waals surface area contributed by atoms with E-state index in [9.17, 15) is 4.79 Å². The SMILES string of the molecule is C=C(C)COc1ccccc1NC(=O)[C@@H]1CCCN1CC. The minimum Gasteiger partial charge on any atom is -0.487 e. The predicted molar refractivity (Wildman–Crippen MR) is 85.6 cm³/mol. The number of nitrogens with zero attached hydrogens (tertiary/aromatic N) is 1. The minimum atomic E-state index is -0.0239. The fraction of sp³-hybridized carbons (Fsp3) is 0.471. The van der Waals surface area contributed by atoms with E-state index in [1.807, 2.05) is 31.2 Å². The number of rotatable bonds is 6. The van der Waals surface area contributed by atoms with Crippen LogP contribution in [0.3, 0.4) is 0 Å². The van der Waals surface area contributed by atoms with Gasteiger partial charge in [0.2, 0.25) is 5.91 Å². The third kappa shape index (κ3) is 4.08. The molecule has 1 aliphatic rings. The summed E-state index contributed by atoms with van der Waals surface area (Å²) in [5.74, 6) is 0.746. The lowest BCUT2D eigenvalue weighted by molar-refractivity contribution is -0.120. The average Bonchev–Trinajstić information content (AvgIpc) is 2.94. The highest BCUT2D eigenvalue weighted by Crippen LogP contribution is 2.26. The molecule has 21 heavy (non-hydrogen) atoms. The van der Waals surface area contributed by atoms with Crippen molar-refractivity contribution < 1.29 is 9.53 Å². The molecule has 1 fully saturated rings. The molecule has 1 aliphatic heterocycles. The van der Waals surface area contributed by atoms with E-state index in [-0.39, 0.29) is 11.9 Å². The largest absolute Gasteiger partial charge is 0.487 e. The van der Waals surface area contributed by atoms with Crippen LogP contribution in [-0.4, -0.2) is 36.5 Å². The molecule has 1 amide bonds. The van der Waals surface area contributed by atoms with Gasteiger partial charge in [-0.15, -0.1) is 0 Å². The first-order chi connectivity index (χ1) is 10.1. The molecule has 2 rings (SSSR count). The number of likely N-dealkylation sites (tertiary alicyclic amines) is 1. The number of anilines is 1. The number of amides is 1. The summed E-state index contributed by atoms with van der Waals surface area (Å²) in [6.45, 7) is 10.2. The highest BCUT2D eigenvalue weighted by molar-refractivity contribution is 5.96. The summed E-state index contributed by atoms with van der Waals surface area (Å²) in [5, 5.41) is 3.01. The van der Waals surface area contributed by atoms with Crippen molar-refractivity contribution in [3.63, 3.8) is 0 Å². The number of carbonyl (C=O) groups excluding carboxylic acids is 1. The second-order valence-corrected chi connectivity index (χ2v) is 5.52. The number of hydrogen-bond acceptors (Lipinski definition) is 3. The lowest BCUT2D eigenvalue weighted by atomic mass is 10.2. The molecule has 4 nitrogen and oxygen atoms in total. The Morgan fingerprint density at radius 2 is 2.24 bits per heavy atom. The Morgan fingerprint density at radius 1 is 1.48 bits per heavy atom. The van der Waals surface area contributed by atoms with E-state index in [1.54, 1.807) is 0 Å². The standard InChI is InChI=1S/C17H24N2O2/c1-4-19-11-7-9-15(19)17(20)18-14-8-5-6-10-16(14)21-12-13(2)3/h5-6,8,10,15H,2,4,7,9,11-12H2,1,3H3,(H,18,20)/t15-/m0/s1. The van der Waals surface area contributed by atoms with Crippen LogP contribution >= 0.6 is 0 Å². The second-order valence-electron chi connectivity index (χ2n) is 5.52. The van der Waals surface area contributed by atoms with Crippen molar-refractivity contribution in [1.29, 1.82) is 0 Å². The molecular weight excluding hydrogens is 264 g/mol. The maximum absolute atomic E-state index is 12.4. The van der Waals surface area contributed by atoms with Crippen LogP contribution in [0.1, 0.15) is 26.7 Å². The summed E-state index contributed by atoms with van der Waals surface area (Å²) in [7, 11) is 0. The van der Waals surface area contributed by atoms with Crippen LogP contribution in [0.2, 0.25) is 0 Å². The second kappa shape index (κ2) is 7.27. The summed E-state index contributed by atoms with van der Waals surface area (Å²) in [4.78, 5) is 14.7. The molecule has 4 heteroatoms. The Kier molecular flexibility index (Phi) is 5.39. The van der Waals surface area contributed by atoms with Gasteiger partial charge in [0, 0.05) is 0 Å². The minimum absolute atomic E-state index is 0.0239. The first-order valence-electron chi connectivity index (χ1n) is 7.53. The molecule has 1 atom stereocenters. The molecule has 0 aliphatic carbocycles. The van der Waals surface area contributed by atoms with Gasteiger partial charge in [-0.1, -0.05) is 25.6 Å². The molecule has 1 heterocycles. The molecule has 114 valence electrons. The van der Waals surface area contributed by atoms with Crippen LogP contribution in [0, 0.1) is 0 Å². The smallest absolute Gasteiger partial charge is 0.241 e. The van der Waals surface area contributed by atoms with Gasteiger partial charge in [-0.25, -0.2) is 0 Å². The Bertz CT molecular complexity index is 513. The zero-order valence-corrected chi connectivity index (χ0v) is 12.9. The topological polar surface area (TPSA) is 41.6 Å². The summed E-state index contributed by atoms with van der Waals surface area (Å²) < 4.78 is 5.69. The van der Waals surface area contributed by atoms with E-state index in [2.05, 4.69) is 23.7 Å². The molecule has 0 spiro atoms. The van der Waals surface area contributed by atoms with Gasteiger partial charge in [0.05, 0.1) is 11.7 Å². The zero-order chi connectivity index (χ0) is 15.2. The van der Waals surface area contributed by atoms with E-state index in [0.717, 1.165) is 37.2 Å². The average molecular weight is 288 g/mol. The van der Waals surface area contributed by atoms with E-state index in [1.165, 1.54) is 0 Å². The molecular formula is C17H24N2O2. The molecule has 0 bridgehead atoms. The predicted octanol–water partition coefficient (Wildman–Crippen LogP) is 3.06. The third-order valence-electron chi connectivity index (χ3n) is 3.69. The maximum atomic E-state index is 12.4. The molecule has 0 aromatic heterocycles. The van der Waals surface area contributed by atoms with Gasteiger partial charge >= 0.3 is 0 Å². The number of para-hydroxylation sites is 2. The number of ether oxygens (including phenoxy) is 1. The van der Waals surface area contributed by atoms with Crippen molar-refractivity contribution in [3.8, 4) is 5.75 Å². The van der Waals surface area contributed by atoms with E-state index in [4.69, 9.17) is 4.74 Å². The van der Waals surface area contributed by atoms with E-state index in [0.29, 0.717) is 12.4 Å². The van der Waals surface area contributed by atoms with Crippen LogP contribution in [0.5, 0.6) is 5.75 Å². The molecule has 0 unspecified atom stereocenters. The van der Waals surface area contributed by atoms with Crippen molar-refractivity contribution in [1.82, 2.24) is 4.90 Å². The molecule has 1 N–H and O–H groups in total. The maximum Gasteiger partial charge on any atom is 0.241 e. The summed E-state index contributed by atoms with van der Waals surface area (Å²) in [5.41, 5.74) is 1.68. The van der Waals surface area contributed by atoms with Crippen LogP contribution in [0.4, 0.5) is 5.69 Å². The Labute approximate surface area is 126 Å². The number of carbonyl (C=O) groups is 1.